The number of rotatable bonds is 3. The quantitative estimate of drug-likeness (QED) is 0.589. The number of alkyl halides is 3. The first-order valence-electron chi connectivity index (χ1n) is 3.28. The lowest BCUT2D eigenvalue weighted by atomic mass is 10.4. The van der Waals surface area contributed by atoms with Gasteiger partial charge in [-0.15, -0.1) is 0 Å². The molecule has 0 aromatic carbocycles. The van der Waals surface area contributed by atoms with Crippen molar-refractivity contribution in [1.29, 1.82) is 0 Å². The van der Waals surface area contributed by atoms with E-state index < -0.39 is 12.6 Å². The van der Waals surface area contributed by atoms with Gasteiger partial charge in [0, 0.05) is 0 Å². The van der Waals surface area contributed by atoms with Crippen LogP contribution in [0.15, 0.2) is 11.8 Å². The van der Waals surface area contributed by atoms with Gasteiger partial charge in [0.05, 0.1) is 18.8 Å². The molecule has 0 spiro atoms. The fourth-order valence-corrected chi connectivity index (χ4v) is 0.411. The SMILES string of the molecule is C/C=C(\C)OCCC(F)(F)F. The molecule has 0 saturated heterocycles. The molecule has 0 bridgehead atoms. The van der Waals surface area contributed by atoms with Crippen molar-refractivity contribution in [3.8, 4) is 0 Å². The Morgan fingerprint density at radius 2 is 2.00 bits per heavy atom. The summed E-state index contributed by atoms with van der Waals surface area (Å²) in [5.41, 5.74) is 0. The van der Waals surface area contributed by atoms with Crippen LogP contribution in [0.1, 0.15) is 20.3 Å². The summed E-state index contributed by atoms with van der Waals surface area (Å²) in [6.45, 7) is 3.04. The molecule has 0 fully saturated rings. The Morgan fingerprint density at radius 3 is 2.36 bits per heavy atom. The van der Waals surface area contributed by atoms with Crippen LogP contribution in [0.5, 0.6) is 0 Å². The maximum atomic E-state index is 11.5. The minimum atomic E-state index is -4.12. The Hall–Kier alpha value is -0.670. The Kier molecular flexibility index (Phi) is 4.00. The smallest absolute Gasteiger partial charge is 0.392 e. The molecular weight excluding hydrogens is 157 g/mol. The van der Waals surface area contributed by atoms with Gasteiger partial charge >= 0.3 is 6.18 Å². The highest BCUT2D eigenvalue weighted by atomic mass is 19.4. The summed E-state index contributed by atoms with van der Waals surface area (Å²) in [4.78, 5) is 0. The predicted molar refractivity (Wildman–Crippen MR) is 36.1 cm³/mol. The van der Waals surface area contributed by atoms with Crippen LogP contribution in [0, 0.1) is 0 Å². The second-order valence-electron chi connectivity index (χ2n) is 2.11. The zero-order valence-corrected chi connectivity index (χ0v) is 6.53. The van der Waals surface area contributed by atoms with Crippen LogP contribution in [0.2, 0.25) is 0 Å². The van der Waals surface area contributed by atoms with Gasteiger partial charge in [-0.1, -0.05) is 6.08 Å². The van der Waals surface area contributed by atoms with Gasteiger partial charge < -0.3 is 4.74 Å². The van der Waals surface area contributed by atoms with Crippen LogP contribution in [0.3, 0.4) is 0 Å². The summed E-state index contributed by atoms with van der Waals surface area (Å²) in [6, 6.07) is 0. The predicted octanol–water partition coefficient (Wildman–Crippen LogP) is 2.88. The van der Waals surface area contributed by atoms with Crippen molar-refractivity contribution in [2.24, 2.45) is 0 Å². The van der Waals surface area contributed by atoms with Gasteiger partial charge in [0.25, 0.3) is 0 Å². The second kappa shape index (κ2) is 4.26. The minimum absolute atomic E-state index is 0.292. The van der Waals surface area contributed by atoms with E-state index in [2.05, 4.69) is 0 Å². The molecule has 0 aromatic rings. The van der Waals surface area contributed by atoms with Crippen LogP contribution < -0.4 is 0 Å². The van der Waals surface area contributed by atoms with Crippen molar-refractivity contribution >= 4 is 0 Å². The highest BCUT2D eigenvalue weighted by molar-refractivity contribution is 4.83. The van der Waals surface area contributed by atoms with Gasteiger partial charge in [-0.2, -0.15) is 13.2 Å². The molecule has 0 rings (SSSR count). The second-order valence-corrected chi connectivity index (χ2v) is 2.11. The molecule has 11 heavy (non-hydrogen) atoms. The maximum absolute atomic E-state index is 11.5. The summed E-state index contributed by atoms with van der Waals surface area (Å²) in [6.07, 6.45) is -3.39. The Balaban J connectivity index is 3.43. The van der Waals surface area contributed by atoms with Crippen molar-refractivity contribution in [3.63, 3.8) is 0 Å². The molecule has 4 heteroatoms. The van der Waals surface area contributed by atoms with E-state index in [0.29, 0.717) is 5.76 Å². The zero-order valence-electron chi connectivity index (χ0n) is 6.53. The molecule has 0 saturated carbocycles. The van der Waals surface area contributed by atoms with Gasteiger partial charge in [0.1, 0.15) is 0 Å². The van der Waals surface area contributed by atoms with Gasteiger partial charge in [0.2, 0.25) is 0 Å². The number of halogens is 3. The summed E-state index contributed by atoms with van der Waals surface area (Å²) in [5.74, 6) is 0.522. The Labute approximate surface area is 63.8 Å². The van der Waals surface area contributed by atoms with E-state index in [1.807, 2.05) is 0 Å². The third-order valence-electron chi connectivity index (χ3n) is 1.12. The molecule has 0 aliphatic rings. The maximum Gasteiger partial charge on any atom is 0.392 e. The molecule has 0 atom stereocenters. The largest absolute Gasteiger partial charge is 0.498 e. The van der Waals surface area contributed by atoms with Crippen LogP contribution >= 0.6 is 0 Å². The third-order valence-corrected chi connectivity index (χ3v) is 1.12. The van der Waals surface area contributed by atoms with Gasteiger partial charge in [-0.25, -0.2) is 0 Å². The minimum Gasteiger partial charge on any atom is -0.498 e. The Morgan fingerprint density at radius 1 is 1.45 bits per heavy atom. The van der Waals surface area contributed by atoms with E-state index >= 15 is 0 Å². The highest BCUT2D eigenvalue weighted by Crippen LogP contribution is 2.19. The van der Waals surface area contributed by atoms with E-state index in [9.17, 15) is 13.2 Å². The zero-order chi connectivity index (χ0) is 8.91. The molecular formula is C7H11F3O. The highest BCUT2D eigenvalue weighted by Gasteiger charge is 2.26. The Bertz CT molecular complexity index is 137. The van der Waals surface area contributed by atoms with E-state index in [1.54, 1.807) is 19.9 Å². The van der Waals surface area contributed by atoms with Crippen molar-refractivity contribution in [2.45, 2.75) is 26.4 Å². The summed E-state index contributed by atoms with van der Waals surface area (Å²) >= 11 is 0. The van der Waals surface area contributed by atoms with E-state index in [4.69, 9.17) is 4.74 Å². The standard InChI is InChI=1S/C7H11F3O/c1-3-6(2)11-5-4-7(8,9)10/h3H,4-5H2,1-2H3/b6-3+. The lowest BCUT2D eigenvalue weighted by molar-refractivity contribution is -0.142. The van der Waals surface area contributed by atoms with Crippen molar-refractivity contribution < 1.29 is 17.9 Å². The number of allylic oxidation sites excluding steroid dienone is 2. The van der Waals surface area contributed by atoms with Gasteiger partial charge in [0.15, 0.2) is 0 Å². The average molecular weight is 168 g/mol. The molecule has 0 heterocycles. The van der Waals surface area contributed by atoms with Crippen molar-refractivity contribution in [1.82, 2.24) is 0 Å². The summed E-state index contributed by atoms with van der Waals surface area (Å²) in [7, 11) is 0. The lowest BCUT2D eigenvalue weighted by Crippen LogP contribution is -2.10. The lowest BCUT2D eigenvalue weighted by Gasteiger charge is -2.07. The summed E-state index contributed by atoms with van der Waals surface area (Å²) < 4.78 is 39.2. The summed E-state index contributed by atoms with van der Waals surface area (Å²) in [5, 5.41) is 0. The molecule has 1 nitrogen and oxygen atoms in total. The first kappa shape index (κ1) is 10.3. The third kappa shape index (κ3) is 7.22. The monoisotopic (exact) mass is 168 g/mol. The normalized spacial score (nSPS) is 13.4. The first-order chi connectivity index (χ1) is 4.95. The van der Waals surface area contributed by atoms with Crippen molar-refractivity contribution in [3.05, 3.63) is 11.8 Å². The fourth-order valence-electron chi connectivity index (χ4n) is 0.411. The molecule has 0 aliphatic carbocycles. The topological polar surface area (TPSA) is 9.23 Å². The molecule has 0 unspecified atom stereocenters. The van der Waals surface area contributed by atoms with Crippen LogP contribution in [-0.2, 0) is 4.74 Å². The molecule has 0 amide bonds. The average Bonchev–Trinajstić information content (AvgIpc) is 1.85. The number of hydrogen-bond acceptors (Lipinski definition) is 1. The van der Waals surface area contributed by atoms with Gasteiger partial charge in [-0.3, -0.25) is 0 Å². The van der Waals surface area contributed by atoms with Gasteiger partial charge in [-0.05, 0) is 13.8 Å². The van der Waals surface area contributed by atoms with Crippen LogP contribution in [0.25, 0.3) is 0 Å². The van der Waals surface area contributed by atoms with E-state index in [1.165, 1.54) is 0 Å². The molecule has 0 N–H and O–H groups in total. The van der Waals surface area contributed by atoms with Crippen LogP contribution in [-0.4, -0.2) is 12.8 Å². The molecule has 0 aromatic heterocycles. The first-order valence-corrected chi connectivity index (χ1v) is 3.28. The molecule has 0 radical (unpaired) electrons. The van der Waals surface area contributed by atoms with Crippen LogP contribution in [0.4, 0.5) is 13.2 Å². The number of ether oxygens (including phenoxy) is 1. The fraction of sp³-hybridized carbons (Fsp3) is 0.714. The van der Waals surface area contributed by atoms with E-state index in [0.717, 1.165) is 0 Å². The van der Waals surface area contributed by atoms with E-state index in [-0.39, 0.29) is 6.61 Å². The molecule has 66 valence electrons. The number of hydrogen-bond donors (Lipinski definition) is 0. The van der Waals surface area contributed by atoms with Crippen molar-refractivity contribution in [2.75, 3.05) is 6.61 Å². The molecule has 0 aliphatic heterocycles.